The highest BCUT2D eigenvalue weighted by Crippen LogP contribution is 2.29. The maximum Gasteiger partial charge on any atom is 0.323 e. The molecule has 0 saturated carbocycles. The fourth-order valence-electron chi connectivity index (χ4n) is 4.85. The lowest BCUT2D eigenvalue weighted by Crippen LogP contribution is -2.54. The summed E-state index contributed by atoms with van der Waals surface area (Å²) < 4.78 is 5.21. The predicted octanol–water partition coefficient (Wildman–Crippen LogP) is 2.14. The van der Waals surface area contributed by atoms with Gasteiger partial charge in [0.25, 0.3) is 11.8 Å². The summed E-state index contributed by atoms with van der Waals surface area (Å²) in [7, 11) is 1.52. The van der Waals surface area contributed by atoms with E-state index in [4.69, 9.17) is 4.74 Å². The molecule has 2 N–H and O–H groups in total. The van der Waals surface area contributed by atoms with E-state index in [1.54, 1.807) is 36.4 Å². The van der Waals surface area contributed by atoms with E-state index in [0.717, 1.165) is 37.1 Å². The van der Waals surface area contributed by atoms with Gasteiger partial charge in [-0.25, -0.2) is 4.79 Å². The van der Waals surface area contributed by atoms with Gasteiger partial charge in [-0.15, -0.1) is 4.91 Å². The molecule has 3 aliphatic heterocycles. The second-order valence-electron chi connectivity index (χ2n) is 9.09. The first kappa shape index (κ1) is 23.5. The number of ether oxygens (including phenoxy) is 1. The number of amides is 4. The van der Waals surface area contributed by atoms with Gasteiger partial charge >= 0.3 is 6.03 Å². The molecule has 2 saturated heterocycles. The van der Waals surface area contributed by atoms with Crippen LogP contribution in [0.3, 0.4) is 0 Å². The smallest absolute Gasteiger partial charge is 0.323 e. The SMILES string of the molecule is COc1ccc2c(c1)C(=O)N(C[C@@]1(C#Cc3ccc(C(N=O)N4CCCC4)cc3)NC(=O)NC1=O)C2. The highest BCUT2D eigenvalue weighted by atomic mass is 16.5. The third-order valence-corrected chi connectivity index (χ3v) is 6.78. The van der Waals surface area contributed by atoms with Crippen LogP contribution in [0.5, 0.6) is 5.75 Å². The van der Waals surface area contributed by atoms with Gasteiger partial charge < -0.3 is 15.0 Å². The molecule has 4 amide bonds. The van der Waals surface area contributed by atoms with Crippen molar-refractivity contribution < 1.29 is 19.1 Å². The van der Waals surface area contributed by atoms with Gasteiger partial charge in [-0.05, 0) is 53.4 Å². The van der Waals surface area contributed by atoms with Gasteiger partial charge in [0.05, 0.1) is 13.7 Å². The maximum absolute atomic E-state index is 13.0. The third kappa shape index (κ3) is 4.29. The number of methoxy groups -OCH3 is 1. The molecule has 3 heterocycles. The fourth-order valence-corrected chi connectivity index (χ4v) is 4.85. The summed E-state index contributed by atoms with van der Waals surface area (Å²) >= 11 is 0. The summed E-state index contributed by atoms with van der Waals surface area (Å²) in [5.41, 5.74) is 1.07. The van der Waals surface area contributed by atoms with Crippen molar-refractivity contribution in [3.63, 3.8) is 0 Å². The van der Waals surface area contributed by atoms with Crippen molar-refractivity contribution in [2.24, 2.45) is 5.18 Å². The minimum Gasteiger partial charge on any atom is -0.497 e. The van der Waals surface area contributed by atoms with Crippen LogP contribution in [-0.2, 0) is 11.3 Å². The zero-order valence-electron chi connectivity index (χ0n) is 19.7. The Kier molecular flexibility index (Phi) is 6.16. The molecule has 1 unspecified atom stereocenters. The number of nitrogens with zero attached hydrogens (tertiary/aromatic N) is 3. The van der Waals surface area contributed by atoms with Crippen molar-refractivity contribution in [1.29, 1.82) is 0 Å². The summed E-state index contributed by atoms with van der Waals surface area (Å²) in [6, 6.07) is 11.7. The molecule has 36 heavy (non-hydrogen) atoms. The molecular weight excluding hydrogens is 462 g/mol. The molecule has 3 aliphatic rings. The molecule has 0 bridgehead atoms. The standard InChI is InChI=1S/C26H25N5O5/c1-36-20-9-8-19-15-31(23(32)21(19)14-20)16-26(24(33)27-25(34)28-26)11-10-17-4-6-18(7-5-17)22(29-35)30-12-2-3-13-30/h4-9,14,22H,2-3,12-13,15-16H2,1H3,(H2,27,28,33,34)/t22?,26-/m1/s1. The number of nitroso groups, excluding NO2 is 1. The zero-order chi connectivity index (χ0) is 25.3. The van der Waals surface area contributed by atoms with Crippen molar-refractivity contribution in [1.82, 2.24) is 20.4 Å². The molecule has 0 radical (unpaired) electrons. The molecule has 5 rings (SSSR count). The molecule has 2 fully saturated rings. The summed E-state index contributed by atoms with van der Waals surface area (Å²) in [6.45, 7) is 1.84. The van der Waals surface area contributed by atoms with E-state index in [0.29, 0.717) is 16.9 Å². The van der Waals surface area contributed by atoms with Crippen LogP contribution in [0.25, 0.3) is 0 Å². The number of hydrogen-bond donors (Lipinski definition) is 2. The first-order valence-electron chi connectivity index (χ1n) is 11.7. The van der Waals surface area contributed by atoms with E-state index in [1.807, 2.05) is 11.0 Å². The molecule has 2 aromatic carbocycles. The van der Waals surface area contributed by atoms with Gasteiger partial charge in [-0.2, -0.15) is 0 Å². The molecule has 10 heteroatoms. The second kappa shape index (κ2) is 9.43. The van der Waals surface area contributed by atoms with Crippen LogP contribution in [0.4, 0.5) is 4.79 Å². The quantitative estimate of drug-likeness (QED) is 0.366. The summed E-state index contributed by atoms with van der Waals surface area (Å²) in [5.74, 6) is 5.53. The van der Waals surface area contributed by atoms with E-state index < -0.39 is 23.6 Å². The predicted molar refractivity (Wildman–Crippen MR) is 130 cm³/mol. The Morgan fingerprint density at radius 1 is 1.11 bits per heavy atom. The Hall–Kier alpha value is -4.23. The Morgan fingerprint density at radius 2 is 1.86 bits per heavy atom. The van der Waals surface area contributed by atoms with Crippen LogP contribution < -0.4 is 15.4 Å². The number of nitrogens with one attached hydrogen (secondary N) is 2. The Morgan fingerprint density at radius 3 is 2.50 bits per heavy atom. The van der Waals surface area contributed by atoms with E-state index in [-0.39, 0.29) is 19.0 Å². The lowest BCUT2D eigenvalue weighted by molar-refractivity contribution is -0.122. The molecule has 10 nitrogen and oxygen atoms in total. The number of fused-ring (bicyclic) bond motifs is 1. The average molecular weight is 488 g/mol. The van der Waals surface area contributed by atoms with Crippen molar-refractivity contribution in [3.8, 4) is 17.6 Å². The van der Waals surface area contributed by atoms with E-state index in [1.165, 1.54) is 12.0 Å². The number of rotatable bonds is 6. The van der Waals surface area contributed by atoms with Crippen LogP contribution in [0.15, 0.2) is 47.6 Å². The van der Waals surface area contributed by atoms with Gasteiger partial charge in [0.1, 0.15) is 5.75 Å². The largest absolute Gasteiger partial charge is 0.497 e. The van der Waals surface area contributed by atoms with E-state index in [9.17, 15) is 19.3 Å². The molecule has 184 valence electrons. The van der Waals surface area contributed by atoms with E-state index in [2.05, 4.69) is 27.7 Å². The minimum absolute atomic E-state index is 0.114. The molecule has 0 aromatic heterocycles. The third-order valence-electron chi connectivity index (χ3n) is 6.78. The normalized spacial score (nSPS) is 21.9. The van der Waals surface area contributed by atoms with Gasteiger partial charge in [-0.3, -0.25) is 19.8 Å². The van der Waals surface area contributed by atoms with Crippen molar-refractivity contribution in [2.75, 3.05) is 26.7 Å². The molecule has 0 aliphatic carbocycles. The first-order chi connectivity index (χ1) is 17.4. The van der Waals surface area contributed by atoms with Crippen molar-refractivity contribution in [3.05, 3.63) is 69.6 Å². The monoisotopic (exact) mass is 487 g/mol. The van der Waals surface area contributed by atoms with Crippen LogP contribution >= 0.6 is 0 Å². The number of hydrogen-bond acceptors (Lipinski definition) is 7. The second-order valence-corrected chi connectivity index (χ2v) is 9.09. The number of carbonyl (C=O) groups excluding carboxylic acids is 3. The number of benzene rings is 2. The van der Waals surface area contributed by atoms with Crippen LogP contribution in [0.1, 0.15) is 46.1 Å². The maximum atomic E-state index is 13.0. The Labute approximate surface area is 207 Å². The van der Waals surface area contributed by atoms with Gasteiger partial charge in [0, 0.05) is 30.8 Å². The molecular formula is C26H25N5O5. The van der Waals surface area contributed by atoms with Gasteiger partial charge in [0.15, 0.2) is 6.17 Å². The number of urea groups is 1. The van der Waals surface area contributed by atoms with Gasteiger partial charge in [0.2, 0.25) is 5.54 Å². The highest BCUT2D eigenvalue weighted by Gasteiger charge is 2.48. The van der Waals surface area contributed by atoms with Crippen molar-refractivity contribution in [2.45, 2.75) is 31.1 Å². The fraction of sp³-hybridized carbons (Fsp3) is 0.346. The molecule has 2 aromatic rings. The highest BCUT2D eigenvalue weighted by molar-refractivity contribution is 6.10. The lowest BCUT2D eigenvalue weighted by atomic mass is 9.98. The summed E-state index contributed by atoms with van der Waals surface area (Å²) in [4.78, 5) is 52.9. The minimum atomic E-state index is -1.60. The summed E-state index contributed by atoms with van der Waals surface area (Å²) in [5, 5.41) is 8.13. The first-order valence-corrected chi connectivity index (χ1v) is 11.7. The van der Waals surface area contributed by atoms with Crippen LogP contribution in [0.2, 0.25) is 0 Å². The van der Waals surface area contributed by atoms with Crippen LogP contribution in [-0.4, -0.2) is 59.9 Å². The van der Waals surface area contributed by atoms with Crippen molar-refractivity contribution >= 4 is 17.8 Å². The van der Waals surface area contributed by atoms with E-state index >= 15 is 0 Å². The Balaban J connectivity index is 1.38. The molecule has 0 spiro atoms. The topological polar surface area (TPSA) is 120 Å². The summed E-state index contributed by atoms with van der Waals surface area (Å²) in [6.07, 6.45) is 1.55. The number of imide groups is 1. The number of carbonyl (C=O) groups is 3. The zero-order valence-corrected chi connectivity index (χ0v) is 19.7. The van der Waals surface area contributed by atoms with Crippen LogP contribution in [0, 0.1) is 16.7 Å². The molecule has 2 atom stereocenters. The average Bonchev–Trinajstić information content (AvgIpc) is 3.58. The number of likely N-dealkylation sites (tertiary alicyclic amines) is 1. The Bertz CT molecular complexity index is 1290. The van der Waals surface area contributed by atoms with Gasteiger partial charge in [-0.1, -0.05) is 30.0 Å². The lowest BCUT2D eigenvalue weighted by Gasteiger charge is -2.26.